The molecule has 0 unspecified atom stereocenters. The first-order valence-corrected chi connectivity index (χ1v) is 7.04. The largest absolute Gasteiger partial charge is 0.395 e. The number of aliphatic hydroxyl groups is 2. The van der Waals surface area contributed by atoms with Gasteiger partial charge >= 0.3 is 0 Å². The minimum absolute atomic E-state index is 0.236. The Morgan fingerprint density at radius 1 is 0.952 bits per heavy atom. The Labute approximate surface area is 124 Å². The number of aryl methyl sites for hydroxylation is 2. The monoisotopic (exact) mass is 288 g/mol. The van der Waals surface area contributed by atoms with E-state index in [1.54, 1.807) is 12.1 Å². The second-order valence-corrected chi connectivity index (χ2v) is 5.78. The van der Waals surface area contributed by atoms with Crippen molar-refractivity contribution >= 4 is 0 Å². The number of halogens is 1. The lowest BCUT2D eigenvalue weighted by molar-refractivity contribution is 0.116. The van der Waals surface area contributed by atoms with Gasteiger partial charge in [-0.2, -0.15) is 0 Å². The van der Waals surface area contributed by atoms with Crippen molar-refractivity contribution in [2.24, 2.45) is 0 Å². The van der Waals surface area contributed by atoms with E-state index in [1.807, 2.05) is 26.0 Å². The van der Waals surface area contributed by atoms with Gasteiger partial charge in [0, 0.05) is 5.41 Å². The summed E-state index contributed by atoms with van der Waals surface area (Å²) in [5.41, 5.74) is 3.04. The van der Waals surface area contributed by atoms with Gasteiger partial charge in [-0.1, -0.05) is 41.5 Å². The van der Waals surface area contributed by atoms with E-state index in [0.29, 0.717) is 12.0 Å². The highest BCUT2D eigenvalue weighted by Crippen LogP contribution is 2.29. The Morgan fingerprint density at radius 2 is 1.57 bits per heavy atom. The quantitative estimate of drug-likeness (QED) is 0.888. The molecule has 0 aliphatic rings. The van der Waals surface area contributed by atoms with Gasteiger partial charge in [0.05, 0.1) is 13.2 Å². The van der Waals surface area contributed by atoms with Gasteiger partial charge in [-0.3, -0.25) is 0 Å². The van der Waals surface area contributed by atoms with Gasteiger partial charge in [0.2, 0.25) is 0 Å². The summed E-state index contributed by atoms with van der Waals surface area (Å²) in [6.07, 6.45) is 0.464. The first-order chi connectivity index (χ1) is 9.99. The highest BCUT2D eigenvalue weighted by molar-refractivity contribution is 5.34. The number of rotatable bonds is 5. The molecule has 21 heavy (non-hydrogen) atoms. The summed E-state index contributed by atoms with van der Waals surface area (Å²) in [6.45, 7) is 3.55. The van der Waals surface area contributed by atoms with Gasteiger partial charge in [0.25, 0.3) is 0 Å². The van der Waals surface area contributed by atoms with Crippen LogP contribution in [0.25, 0.3) is 0 Å². The molecule has 0 radical (unpaired) electrons. The highest BCUT2D eigenvalue weighted by atomic mass is 19.1. The molecule has 112 valence electrons. The third-order valence-electron chi connectivity index (χ3n) is 3.87. The summed E-state index contributed by atoms with van der Waals surface area (Å²) in [4.78, 5) is 0. The zero-order valence-corrected chi connectivity index (χ0v) is 12.4. The molecule has 0 aromatic heterocycles. The number of aliphatic hydroxyl groups excluding tert-OH is 2. The lowest BCUT2D eigenvalue weighted by Crippen LogP contribution is -2.37. The maximum atomic E-state index is 13.5. The average molecular weight is 288 g/mol. The van der Waals surface area contributed by atoms with Gasteiger partial charge in [-0.05, 0) is 43.5 Å². The Kier molecular flexibility index (Phi) is 4.76. The Balaban J connectivity index is 2.42. The fourth-order valence-electron chi connectivity index (χ4n) is 2.83. The van der Waals surface area contributed by atoms with Crippen molar-refractivity contribution in [1.29, 1.82) is 0 Å². The molecule has 0 heterocycles. The van der Waals surface area contributed by atoms with Crippen molar-refractivity contribution in [3.63, 3.8) is 0 Å². The van der Waals surface area contributed by atoms with Gasteiger partial charge < -0.3 is 10.2 Å². The lowest BCUT2D eigenvalue weighted by Gasteiger charge is -2.31. The minimum atomic E-state index is -0.873. The maximum Gasteiger partial charge on any atom is 0.123 e. The zero-order valence-electron chi connectivity index (χ0n) is 12.4. The zero-order chi connectivity index (χ0) is 15.5. The topological polar surface area (TPSA) is 40.5 Å². The van der Waals surface area contributed by atoms with E-state index in [0.717, 1.165) is 16.7 Å². The summed E-state index contributed by atoms with van der Waals surface area (Å²) in [5.74, 6) is -0.362. The summed E-state index contributed by atoms with van der Waals surface area (Å²) < 4.78 is 13.5. The van der Waals surface area contributed by atoms with Crippen molar-refractivity contribution < 1.29 is 14.6 Å². The highest BCUT2D eigenvalue weighted by Gasteiger charge is 2.31. The summed E-state index contributed by atoms with van der Waals surface area (Å²) in [6, 6.07) is 12.2. The average Bonchev–Trinajstić information content (AvgIpc) is 2.44. The summed E-state index contributed by atoms with van der Waals surface area (Å²) in [5, 5.41) is 19.7. The van der Waals surface area contributed by atoms with Crippen molar-refractivity contribution in [2.75, 3.05) is 13.2 Å². The molecule has 0 saturated heterocycles. The van der Waals surface area contributed by atoms with Gasteiger partial charge in [-0.25, -0.2) is 4.39 Å². The molecule has 0 saturated carbocycles. The summed E-state index contributed by atoms with van der Waals surface area (Å²) in [7, 11) is 0. The van der Waals surface area contributed by atoms with Crippen LogP contribution in [0.3, 0.4) is 0 Å². The minimum Gasteiger partial charge on any atom is -0.395 e. The molecule has 2 rings (SSSR count). The fourth-order valence-corrected chi connectivity index (χ4v) is 2.83. The van der Waals surface area contributed by atoms with Crippen molar-refractivity contribution in [3.8, 4) is 0 Å². The molecule has 0 aliphatic carbocycles. The van der Waals surface area contributed by atoms with Crippen LogP contribution in [0.2, 0.25) is 0 Å². The van der Waals surface area contributed by atoms with Crippen LogP contribution in [0.5, 0.6) is 0 Å². The van der Waals surface area contributed by atoms with Crippen LogP contribution in [0.15, 0.2) is 42.5 Å². The Hall–Kier alpha value is -1.71. The molecule has 2 N–H and O–H groups in total. The van der Waals surface area contributed by atoms with Crippen molar-refractivity contribution in [3.05, 3.63) is 70.5 Å². The van der Waals surface area contributed by atoms with Crippen LogP contribution in [-0.4, -0.2) is 23.4 Å². The van der Waals surface area contributed by atoms with Crippen molar-refractivity contribution in [2.45, 2.75) is 25.7 Å². The van der Waals surface area contributed by atoms with E-state index in [4.69, 9.17) is 0 Å². The molecule has 0 amide bonds. The standard InChI is InChI=1S/C18H21FO2/c1-13-6-14(2)8-15(7-13)10-18(11-20,12-21)16-4-3-5-17(19)9-16/h3-9,20-21H,10-12H2,1-2H3. The molecule has 2 nitrogen and oxygen atoms in total. The predicted molar refractivity (Wildman–Crippen MR) is 81.9 cm³/mol. The molecule has 0 bridgehead atoms. The first-order valence-electron chi connectivity index (χ1n) is 7.04. The summed E-state index contributed by atoms with van der Waals surface area (Å²) >= 11 is 0. The van der Waals surface area contributed by atoms with E-state index >= 15 is 0 Å². The normalized spacial score (nSPS) is 11.7. The molecule has 0 aliphatic heterocycles. The number of benzene rings is 2. The van der Waals surface area contributed by atoms with E-state index in [1.165, 1.54) is 12.1 Å². The third-order valence-corrected chi connectivity index (χ3v) is 3.87. The van der Waals surface area contributed by atoms with Crippen LogP contribution < -0.4 is 0 Å². The molecular formula is C18H21FO2. The molecule has 0 atom stereocenters. The fraction of sp³-hybridized carbons (Fsp3) is 0.333. The maximum absolute atomic E-state index is 13.5. The second kappa shape index (κ2) is 6.37. The van der Waals surface area contributed by atoms with Crippen LogP contribution in [0.1, 0.15) is 22.3 Å². The van der Waals surface area contributed by atoms with E-state index in [-0.39, 0.29) is 19.0 Å². The lowest BCUT2D eigenvalue weighted by atomic mass is 9.76. The van der Waals surface area contributed by atoms with Gasteiger partial charge in [-0.15, -0.1) is 0 Å². The number of hydrogen-bond acceptors (Lipinski definition) is 2. The predicted octanol–water partition coefficient (Wildman–Crippen LogP) is 2.91. The van der Waals surface area contributed by atoms with E-state index < -0.39 is 5.41 Å². The van der Waals surface area contributed by atoms with Gasteiger partial charge in [0.1, 0.15) is 5.82 Å². The Bertz CT molecular complexity index is 598. The van der Waals surface area contributed by atoms with Crippen LogP contribution in [0, 0.1) is 19.7 Å². The SMILES string of the molecule is Cc1cc(C)cc(CC(CO)(CO)c2cccc(F)c2)c1. The Morgan fingerprint density at radius 3 is 2.10 bits per heavy atom. The second-order valence-electron chi connectivity index (χ2n) is 5.78. The van der Waals surface area contributed by atoms with Gasteiger partial charge in [0.15, 0.2) is 0 Å². The molecule has 2 aromatic rings. The molecule has 0 fully saturated rings. The first kappa shape index (κ1) is 15.7. The van der Waals surface area contributed by atoms with Crippen LogP contribution >= 0.6 is 0 Å². The third kappa shape index (κ3) is 3.49. The van der Waals surface area contributed by atoms with Crippen LogP contribution in [-0.2, 0) is 11.8 Å². The number of hydrogen-bond donors (Lipinski definition) is 2. The van der Waals surface area contributed by atoms with Crippen molar-refractivity contribution in [1.82, 2.24) is 0 Å². The molecule has 0 spiro atoms. The smallest absolute Gasteiger partial charge is 0.123 e. The molecular weight excluding hydrogens is 267 g/mol. The van der Waals surface area contributed by atoms with E-state index in [9.17, 15) is 14.6 Å². The van der Waals surface area contributed by atoms with E-state index in [2.05, 4.69) is 6.07 Å². The molecule has 2 aromatic carbocycles. The van der Waals surface area contributed by atoms with Crippen LogP contribution in [0.4, 0.5) is 4.39 Å². The molecule has 3 heteroatoms.